The molecule has 2 aliphatic heterocycles. The van der Waals surface area contributed by atoms with E-state index in [0.29, 0.717) is 5.76 Å². The number of rotatable bonds is 1. The van der Waals surface area contributed by atoms with E-state index < -0.39 is 11.7 Å². The maximum absolute atomic E-state index is 11.5. The van der Waals surface area contributed by atoms with E-state index in [0.717, 1.165) is 5.57 Å². The van der Waals surface area contributed by atoms with Gasteiger partial charge in [0.25, 0.3) is 0 Å². The number of carbonyl (C=O) groups is 1. The molecule has 2 bridgehead atoms. The topological polar surface area (TPSA) is 35.5 Å². The van der Waals surface area contributed by atoms with Gasteiger partial charge in [-0.05, 0) is 31.6 Å². The van der Waals surface area contributed by atoms with Crippen molar-refractivity contribution in [2.24, 2.45) is 0 Å². The summed E-state index contributed by atoms with van der Waals surface area (Å²) in [4.78, 5) is 11.5. The lowest BCUT2D eigenvalue weighted by Crippen LogP contribution is -2.36. The van der Waals surface area contributed by atoms with Crippen molar-refractivity contribution in [1.82, 2.24) is 0 Å². The Morgan fingerprint density at radius 3 is 2.92 bits per heavy atom. The van der Waals surface area contributed by atoms with E-state index in [9.17, 15) is 4.79 Å². The first kappa shape index (κ1) is 8.51. The van der Waals surface area contributed by atoms with Gasteiger partial charge in [-0.15, -0.1) is 0 Å². The third-order valence-corrected chi connectivity index (χ3v) is 2.68. The Labute approximate surface area is 77.0 Å². The van der Waals surface area contributed by atoms with E-state index in [-0.39, 0.29) is 5.78 Å². The van der Waals surface area contributed by atoms with Crippen molar-refractivity contribution < 1.29 is 14.3 Å². The lowest BCUT2D eigenvalue weighted by molar-refractivity contribution is -0.132. The van der Waals surface area contributed by atoms with Crippen molar-refractivity contribution >= 4 is 5.78 Å². The molecule has 0 amide bonds. The first-order chi connectivity index (χ1) is 6.07. The first-order valence-corrected chi connectivity index (χ1v) is 4.24. The Hall–Kier alpha value is -1.09. The van der Waals surface area contributed by atoms with Crippen molar-refractivity contribution in [3.8, 4) is 0 Å². The number of ketones is 1. The molecule has 0 fully saturated rings. The second kappa shape index (κ2) is 2.45. The van der Waals surface area contributed by atoms with Crippen molar-refractivity contribution in [3.63, 3.8) is 0 Å². The third kappa shape index (κ3) is 1.04. The van der Waals surface area contributed by atoms with Crippen LogP contribution in [-0.4, -0.2) is 24.6 Å². The third-order valence-electron chi connectivity index (χ3n) is 2.68. The minimum atomic E-state index is -0.441. The minimum absolute atomic E-state index is 0.0863. The van der Waals surface area contributed by atoms with Gasteiger partial charge in [0, 0.05) is 0 Å². The van der Waals surface area contributed by atoms with E-state index in [2.05, 4.69) is 0 Å². The van der Waals surface area contributed by atoms with Gasteiger partial charge in [-0.1, -0.05) is 0 Å². The predicted molar refractivity (Wildman–Crippen MR) is 47.1 cm³/mol. The Balaban J connectivity index is 2.47. The van der Waals surface area contributed by atoms with Crippen LogP contribution in [0.3, 0.4) is 0 Å². The first-order valence-electron chi connectivity index (χ1n) is 4.24. The molecule has 0 radical (unpaired) electrons. The molecule has 2 rings (SSSR count). The maximum Gasteiger partial charge on any atom is 0.229 e. The summed E-state index contributed by atoms with van der Waals surface area (Å²) in [5.41, 5.74) is 0.627. The Morgan fingerprint density at radius 1 is 1.62 bits per heavy atom. The summed E-state index contributed by atoms with van der Waals surface area (Å²) in [6, 6.07) is 0. The molecule has 0 aromatic carbocycles. The zero-order valence-corrected chi connectivity index (χ0v) is 7.96. The van der Waals surface area contributed by atoms with Gasteiger partial charge >= 0.3 is 0 Å². The van der Waals surface area contributed by atoms with Crippen LogP contribution in [0, 0.1) is 0 Å². The van der Waals surface area contributed by atoms with Gasteiger partial charge in [-0.3, -0.25) is 4.79 Å². The quantitative estimate of drug-likeness (QED) is 0.569. The molecule has 3 heteroatoms. The molecule has 0 N–H and O–H groups in total. The zero-order valence-electron chi connectivity index (χ0n) is 7.96. The van der Waals surface area contributed by atoms with Crippen LogP contribution in [0.4, 0.5) is 0 Å². The molecule has 0 aliphatic carbocycles. The van der Waals surface area contributed by atoms with E-state index >= 15 is 0 Å². The summed E-state index contributed by atoms with van der Waals surface area (Å²) in [6.45, 7) is 3.90. The van der Waals surface area contributed by atoms with Crippen molar-refractivity contribution in [1.29, 1.82) is 0 Å². The summed E-state index contributed by atoms with van der Waals surface area (Å²) in [7, 11) is 1.51. The van der Waals surface area contributed by atoms with Gasteiger partial charge in [0.05, 0.1) is 7.11 Å². The van der Waals surface area contributed by atoms with E-state index in [1.807, 2.05) is 19.9 Å². The molecule has 0 aromatic heterocycles. The van der Waals surface area contributed by atoms with Crippen LogP contribution in [0.1, 0.15) is 13.8 Å². The SMILES string of the molecule is COC1=C[C@]2(C)O[C@@H](C=C2C)C1=O. The molecule has 2 heterocycles. The fourth-order valence-corrected chi connectivity index (χ4v) is 1.68. The predicted octanol–water partition coefficient (Wildman–Crippen LogP) is 1.20. The van der Waals surface area contributed by atoms with Crippen molar-refractivity contribution in [3.05, 3.63) is 23.5 Å². The normalized spacial score (nSPS) is 37.2. The number of ether oxygens (including phenoxy) is 2. The van der Waals surface area contributed by atoms with Crippen LogP contribution < -0.4 is 0 Å². The number of methoxy groups -OCH3 is 1. The molecule has 70 valence electrons. The van der Waals surface area contributed by atoms with E-state index in [1.165, 1.54) is 7.11 Å². The summed E-state index contributed by atoms with van der Waals surface area (Å²) in [5, 5.41) is 0. The number of fused-ring (bicyclic) bond motifs is 2. The summed E-state index contributed by atoms with van der Waals surface area (Å²) in [5.74, 6) is 0.323. The van der Waals surface area contributed by atoms with Crippen LogP contribution in [-0.2, 0) is 14.3 Å². The lowest BCUT2D eigenvalue weighted by atomic mass is 9.98. The van der Waals surface area contributed by atoms with E-state index in [4.69, 9.17) is 9.47 Å². The molecule has 0 spiro atoms. The van der Waals surface area contributed by atoms with Crippen LogP contribution >= 0.6 is 0 Å². The van der Waals surface area contributed by atoms with E-state index in [1.54, 1.807) is 6.08 Å². The molecule has 3 nitrogen and oxygen atoms in total. The van der Waals surface area contributed by atoms with Crippen LogP contribution in [0.25, 0.3) is 0 Å². The molecule has 13 heavy (non-hydrogen) atoms. The second-order valence-electron chi connectivity index (χ2n) is 3.57. The molecule has 0 saturated heterocycles. The average molecular weight is 180 g/mol. The van der Waals surface area contributed by atoms with Gasteiger partial charge in [0.2, 0.25) is 5.78 Å². The monoisotopic (exact) mass is 180 g/mol. The largest absolute Gasteiger partial charge is 0.493 e. The lowest BCUT2D eigenvalue weighted by Gasteiger charge is -2.28. The highest BCUT2D eigenvalue weighted by atomic mass is 16.5. The maximum atomic E-state index is 11.5. The Kier molecular flexibility index (Phi) is 1.60. The van der Waals surface area contributed by atoms with Crippen LogP contribution in [0.15, 0.2) is 23.5 Å². The number of Topliss-reactive ketones (excluding diaryl/α,β-unsaturated/α-hetero) is 1. The fourth-order valence-electron chi connectivity index (χ4n) is 1.68. The molecule has 0 saturated carbocycles. The van der Waals surface area contributed by atoms with Crippen molar-refractivity contribution in [2.45, 2.75) is 25.6 Å². The number of hydrogen-bond acceptors (Lipinski definition) is 3. The summed E-state index contributed by atoms with van der Waals surface area (Å²) < 4.78 is 10.5. The summed E-state index contributed by atoms with van der Waals surface area (Å²) in [6.07, 6.45) is 3.15. The van der Waals surface area contributed by atoms with Crippen molar-refractivity contribution in [2.75, 3.05) is 7.11 Å². The Bertz CT molecular complexity index is 327. The fraction of sp³-hybridized carbons (Fsp3) is 0.500. The Morgan fingerprint density at radius 2 is 2.31 bits per heavy atom. The highest BCUT2D eigenvalue weighted by Gasteiger charge is 2.44. The summed E-state index contributed by atoms with van der Waals surface area (Å²) >= 11 is 0. The molecule has 0 unspecified atom stereocenters. The van der Waals surface area contributed by atoms with Gasteiger partial charge < -0.3 is 9.47 Å². The second-order valence-corrected chi connectivity index (χ2v) is 3.57. The minimum Gasteiger partial charge on any atom is -0.493 e. The molecular weight excluding hydrogens is 168 g/mol. The molecule has 2 aliphatic rings. The average Bonchev–Trinajstić information content (AvgIpc) is 2.34. The van der Waals surface area contributed by atoms with Crippen LogP contribution in [0.2, 0.25) is 0 Å². The van der Waals surface area contributed by atoms with Gasteiger partial charge in [0.15, 0.2) is 5.76 Å². The molecule has 2 atom stereocenters. The molecule has 0 aromatic rings. The standard InChI is InChI=1S/C10H12O3/c1-6-4-7-9(11)8(12-3)5-10(6,2)13-7/h4-5,7H,1-3H3/t7-,10-/m0/s1. The zero-order chi connectivity index (χ0) is 9.64. The highest BCUT2D eigenvalue weighted by Crippen LogP contribution is 2.37. The molecular formula is C10H12O3. The van der Waals surface area contributed by atoms with Gasteiger partial charge in [-0.25, -0.2) is 0 Å². The van der Waals surface area contributed by atoms with Gasteiger partial charge in [0.1, 0.15) is 11.7 Å². The highest BCUT2D eigenvalue weighted by molar-refractivity contribution is 6.00. The number of carbonyl (C=O) groups excluding carboxylic acids is 1. The van der Waals surface area contributed by atoms with Crippen LogP contribution in [0.5, 0.6) is 0 Å². The smallest absolute Gasteiger partial charge is 0.229 e. The van der Waals surface area contributed by atoms with Gasteiger partial charge in [-0.2, -0.15) is 0 Å². The number of hydrogen-bond donors (Lipinski definition) is 0.